The van der Waals surface area contributed by atoms with Crippen LogP contribution in [-0.4, -0.2) is 46.1 Å². The zero-order valence-corrected chi connectivity index (χ0v) is 10.8. The molecule has 18 heavy (non-hydrogen) atoms. The van der Waals surface area contributed by atoms with Gasteiger partial charge in [-0.3, -0.25) is 13.9 Å². The number of carbonyl (C=O) groups is 1. The number of nitrogens with zero attached hydrogens (tertiary/aromatic N) is 3. The van der Waals surface area contributed by atoms with Crippen molar-refractivity contribution < 1.29 is 4.79 Å². The highest BCUT2D eigenvalue weighted by Crippen LogP contribution is 1.98. The van der Waals surface area contributed by atoms with E-state index in [0.29, 0.717) is 6.54 Å². The molecule has 6 nitrogen and oxygen atoms in total. The lowest BCUT2D eigenvalue weighted by Crippen LogP contribution is -2.38. The summed E-state index contributed by atoms with van der Waals surface area (Å²) in [7, 11) is 0. The second-order valence-corrected chi connectivity index (χ2v) is 4.48. The first-order chi connectivity index (χ1) is 8.72. The van der Waals surface area contributed by atoms with Crippen LogP contribution in [0.25, 0.3) is 0 Å². The number of amides is 1. The van der Waals surface area contributed by atoms with E-state index < -0.39 is 0 Å². The van der Waals surface area contributed by atoms with Crippen molar-refractivity contribution in [3.63, 3.8) is 0 Å². The average molecular weight is 252 g/mol. The molecule has 1 aliphatic rings. The zero-order valence-electron chi connectivity index (χ0n) is 10.8. The zero-order chi connectivity index (χ0) is 13.0. The largest absolute Gasteiger partial charge is 0.340 e. The van der Waals surface area contributed by atoms with E-state index in [1.54, 1.807) is 17.0 Å². The average Bonchev–Trinajstić information content (AvgIpc) is 2.61. The summed E-state index contributed by atoms with van der Waals surface area (Å²) in [6.45, 7) is 5.97. The topological polar surface area (TPSA) is 59.3 Å². The van der Waals surface area contributed by atoms with E-state index in [0.717, 1.165) is 32.6 Å². The molecule has 0 saturated carbocycles. The number of hydrogen-bond acceptors (Lipinski definition) is 3. The molecule has 1 amide bonds. The Morgan fingerprint density at radius 1 is 1.28 bits per heavy atom. The molecule has 1 fully saturated rings. The van der Waals surface area contributed by atoms with Crippen LogP contribution in [0.15, 0.2) is 17.2 Å². The maximum atomic E-state index is 12.1. The summed E-state index contributed by atoms with van der Waals surface area (Å²) in [6, 6.07) is 0. The highest BCUT2D eigenvalue weighted by atomic mass is 16.2. The Balaban J connectivity index is 2.01. The molecule has 1 saturated heterocycles. The van der Waals surface area contributed by atoms with Crippen molar-refractivity contribution in [2.75, 3.05) is 26.2 Å². The number of rotatable bonds is 3. The van der Waals surface area contributed by atoms with Crippen molar-refractivity contribution in [2.24, 2.45) is 0 Å². The van der Waals surface area contributed by atoms with Gasteiger partial charge in [0.05, 0.1) is 0 Å². The minimum atomic E-state index is -0.112. The first-order valence-electron chi connectivity index (χ1n) is 6.46. The fourth-order valence-electron chi connectivity index (χ4n) is 2.16. The van der Waals surface area contributed by atoms with Crippen LogP contribution in [0.1, 0.15) is 13.3 Å². The molecule has 2 heterocycles. The first kappa shape index (κ1) is 12.9. The van der Waals surface area contributed by atoms with E-state index in [-0.39, 0.29) is 18.1 Å². The molecule has 0 bridgehead atoms. The van der Waals surface area contributed by atoms with Crippen LogP contribution in [0.5, 0.6) is 0 Å². The number of imidazole rings is 1. The molecule has 1 aliphatic heterocycles. The molecule has 100 valence electrons. The Kier molecular flexibility index (Phi) is 4.19. The van der Waals surface area contributed by atoms with Crippen LogP contribution in [0, 0.1) is 0 Å². The maximum Gasteiger partial charge on any atom is 0.328 e. The van der Waals surface area contributed by atoms with Gasteiger partial charge in [0.1, 0.15) is 6.54 Å². The molecular weight excluding hydrogens is 232 g/mol. The molecule has 0 atom stereocenters. The van der Waals surface area contributed by atoms with Crippen LogP contribution in [0.3, 0.4) is 0 Å². The fourth-order valence-corrected chi connectivity index (χ4v) is 2.16. The highest BCUT2D eigenvalue weighted by molar-refractivity contribution is 5.76. The van der Waals surface area contributed by atoms with E-state index in [1.807, 2.05) is 11.8 Å². The predicted octanol–water partition coefficient (Wildman–Crippen LogP) is -0.508. The third-order valence-electron chi connectivity index (χ3n) is 3.26. The van der Waals surface area contributed by atoms with Gasteiger partial charge in [0.15, 0.2) is 0 Å². The van der Waals surface area contributed by atoms with Gasteiger partial charge < -0.3 is 10.2 Å². The molecule has 0 unspecified atom stereocenters. The Bertz CT molecular complexity index is 455. The summed E-state index contributed by atoms with van der Waals surface area (Å²) in [5, 5.41) is 3.25. The van der Waals surface area contributed by atoms with Crippen LogP contribution in [-0.2, 0) is 17.9 Å². The summed E-state index contributed by atoms with van der Waals surface area (Å²) < 4.78 is 3.07. The normalized spacial score (nSPS) is 16.6. The Morgan fingerprint density at radius 3 is 2.78 bits per heavy atom. The summed E-state index contributed by atoms with van der Waals surface area (Å²) in [5.74, 6) is 0.0228. The summed E-state index contributed by atoms with van der Waals surface area (Å²) in [5.41, 5.74) is -0.112. The van der Waals surface area contributed by atoms with Gasteiger partial charge >= 0.3 is 5.69 Å². The molecule has 0 aromatic carbocycles. The van der Waals surface area contributed by atoms with E-state index in [9.17, 15) is 9.59 Å². The highest BCUT2D eigenvalue weighted by Gasteiger charge is 2.16. The van der Waals surface area contributed by atoms with Crippen LogP contribution < -0.4 is 11.0 Å². The standard InChI is InChI=1S/C12H20N4O2/c1-2-14-8-9-16(12(14)18)10-11(17)15-6-3-4-13-5-7-15/h8-9,13H,2-7,10H2,1H3. The second kappa shape index (κ2) is 5.86. The molecule has 0 radical (unpaired) electrons. The smallest absolute Gasteiger partial charge is 0.328 e. The molecule has 0 aliphatic carbocycles. The van der Waals surface area contributed by atoms with Gasteiger partial charge in [0.25, 0.3) is 0 Å². The summed E-state index contributed by atoms with van der Waals surface area (Å²) >= 11 is 0. The van der Waals surface area contributed by atoms with E-state index in [1.165, 1.54) is 4.57 Å². The predicted molar refractivity (Wildman–Crippen MR) is 68.4 cm³/mol. The minimum Gasteiger partial charge on any atom is -0.340 e. The number of aryl methyl sites for hydroxylation is 1. The summed E-state index contributed by atoms with van der Waals surface area (Å²) in [4.78, 5) is 25.8. The van der Waals surface area contributed by atoms with Crippen molar-refractivity contribution in [2.45, 2.75) is 26.4 Å². The Hall–Kier alpha value is -1.56. The molecule has 1 aromatic rings. The van der Waals surface area contributed by atoms with Crippen molar-refractivity contribution >= 4 is 5.91 Å². The third kappa shape index (κ3) is 2.81. The molecule has 0 spiro atoms. The van der Waals surface area contributed by atoms with Crippen molar-refractivity contribution in [1.29, 1.82) is 0 Å². The van der Waals surface area contributed by atoms with E-state index >= 15 is 0 Å². The number of carbonyl (C=O) groups excluding carboxylic acids is 1. The molecule has 1 aromatic heterocycles. The van der Waals surface area contributed by atoms with Gasteiger partial charge in [-0.05, 0) is 19.9 Å². The van der Waals surface area contributed by atoms with Crippen molar-refractivity contribution in [3.05, 3.63) is 22.9 Å². The van der Waals surface area contributed by atoms with Gasteiger partial charge in [-0.15, -0.1) is 0 Å². The van der Waals surface area contributed by atoms with Crippen LogP contribution in [0.2, 0.25) is 0 Å². The lowest BCUT2D eigenvalue weighted by molar-refractivity contribution is -0.131. The quantitative estimate of drug-likeness (QED) is 0.788. The van der Waals surface area contributed by atoms with Crippen LogP contribution in [0.4, 0.5) is 0 Å². The number of aromatic nitrogens is 2. The van der Waals surface area contributed by atoms with Gasteiger partial charge in [0.2, 0.25) is 5.91 Å². The lowest BCUT2D eigenvalue weighted by atomic mass is 10.4. The lowest BCUT2D eigenvalue weighted by Gasteiger charge is -2.19. The van der Waals surface area contributed by atoms with Crippen LogP contribution >= 0.6 is 0 Å². The summed E-state index contributed by atoms with van der Waals surface area (Å²) in [6.07, 6.45) is 4.37. The van der Waals surface area contributed by atoms with Crippen molar-refractivity contribution in [1.82, 2.24) is 19.4 Å². The SMILES string of the molecule is CCn1ccn(CC(=O)N2CCCNCC2)c1=O. The third-order valence-corrected chi connectivity index (χ3v) is 3.26. The molecule has 1 N–H and O–H groups in total. The van der Waals surface area contributed by atoms with Gasteiger partial charge in [-0.2, -0.15) is 0 Å². The number of nitrogens with one attached hydrogen (secondary N) is 1. The monoisotopic (exact) mass is 252 g/mol. The maximum absolute atomic E-state index is 12.1. The van der Waals surface area contributed by atoms with Crippen molar-refractivity contribution in [3.8, 4) is 0 Å². The van der Waals surface area contributed by atoms with Gasteiger partial charge in [-0.1, -0.05) is 0 Å². The first-order valence-corrected chi connectivity index (χ1v) is 6.46. The van der Waals surface area contributed by atoms with Gasteiger partial charge in [-0.25, -0.2) is 4.79 Å². The van der Waals surface area contributed by atoms with E-state index in [2.05, 4.69) is 5.32 Å². The molecular formula is C12H20N4O2. The minimum absolute atomic E-state index is 0.0228. The van der Waals surface area contributed by atoms with E-state index in [4.69, 9.17) is 0 Å². The molecule has 2 rings (SSSR count). The second-order valence-electron chi connectivity index (χ2n) is 4.48. The van der Waals surface area contributed by atoms with Gasteiger partial charge in [0, 0.05) is 38.6 Å². The fraction of sp³-hybridized carbons (Fsp3) is 0.667. The Morgan fingerprint density at radius 2 is 2.06 bits per heavy atom. The molecule has 6 heteroatoms. The Labute approximate surface area is 106 Å². The number of hydrogen-bond donors (Lipinski definition) is 1.